The lowest BCUT2D eigenvalue weighted by atomic mass is 10.0. The van der Waals surface area contributed by atoms with Gasteiger partial charge in [-0.15, -0.1) is 0 Å². The van der Waals surface area contributed by atoms with Crippen LogP contribution in [0, 0.1) is 0 Å². The number of ether oxygens (including phenoxy) is 4. The Morgan fingerprint density at radius 1 is 0.264 bits per heavy atom. The van der Waals surface area contributed by atoms with Gasteiger partial charge in [0.15, 0.2) is 12.2 Å². The van der Waals surface area contributed by atoms with Crippen LogP contribution >= 0.6 is 15.6 Å². The molecule has 0 aliphatic carbocycles. The van der Waals surface area contributed by atoms with Crippen LogP contribution in [0.25, 0.3) is 0 Å². The average Bonchev–Trinajstić information content (AvgIpc) is 3.47. The first-order valence-electron chi connectivity index (χ1n) is 37.8. The maximum absolute atomic E-state index is 13.0. The van der Waals surface area contributed by atoms with Crippen molar-refractivity contribution in [2.75, 3.05) is 39.6 Å². The van der Waals surface area contributed by atoms with Crippen molar-refractivity contribution in [3.63, 3.8) is 0 Å². The second-order valence-electron chi connectivity index (χ2n) is 26.0. The molecule has 2 unspecified atom stereocenters. The van der Waals surface area contributed by atoms with Gasteiger partial charge in [-0.2, -0.15) is 0 Å². The first kappa shape index (κ1) is 89.1. The van der Waals surface area contributed by atoms with Crippen LogP contribution in [0.2, 0.25) is 0 Å². The minimum Gasteiger partial charge on any atom is -0.462 e. The molecule has 0 saturated carbocycles. The summed E-state index contributed by atoms with van der Waals surface area (Å²) in [5, 5.41) is 10.6. The minimum atomic E-state index is -4.95. The Hall–Kier alpha value is -1.94. The van der Waals surface area contributed by atoms with Gasteiger partial charge in [-0.3, -0.25) is 37.3 Å². The van der Waals surface area contributed by atoms with Gasteiger partial charge in [-0.25, -0.2) is 9.13 Å². The van der Waals surface area contributed by atoms with E-state index in [-0.39, 0.29) is 25.7 Å². The molecule has 3 N–H and O–H groups in total. The molecule has 0 radical (unpaired) electrons. The molecule has 0 spiro atoms. The highest BCUT2D eigenvalue weighted by Gasteiger charge is 2.30. The van der Waals surface area contributed by atoms with E-state index in [9.17, 15) is 43.2 Å². The topological polar surface area (TPSA) is 237 Å². The molecule has 0 amide bonds. The van der Waals surface area contributed by atoms with Crippen molar-refractivity contribution in [2.45, 2.75) is 399 Å². The summed E-state index contributed by atoms with van der Waals surface area (Å²) in [4.78, 5) is 72.6. The predicted octanol–water partition coefficient (Wildman–Crippen LogP) is 21.1. The third-order valence-corrected chi connectivity index (χ3v) is 18.8. The standard InChI is InChI=1S/C72H140O17P2/c1-5-9-13-17-21-25-28-30-32-33-34-36-39-43-47-51-55-59-72(77)89-68(63-83-70(75)57-53-49-45-41-38-35-31-29-26-22-18-14-10-6-2)65-87-91(80,81)85-61-66(73)60-84-90(78,79)86-64-67(62-82-69(74)56-52-48-44-40-24-20-16-12-8-4)88-71(76)58-54-50-46-42-37-27-23-19-15-11-7-3/h66-68,73H,5-65H2,1-4H3,(H,78,79)(H,80,81)/t66-,67+,68+/m0/s1. The zero-order chi connectivity index (χ0) is 66.8. The molecule has 0 bridgehead atoms. The Bertz CT molecular complexity index is 1740. The van der Waals surface area contributed by atoms with Gasteiger partial charge in [-0.1, -0.05) is 329 Å². The van der Waals surface area contributed by atoms with Gasteiger partial charge < -0.3 is 33.8 Å². The monoisotopic (exact) mass is 1340 g/mol. The van der Waals surface area contributed by atoms with E-state index in [1.165, 1.54) is 212 Å². The molecule has 0 saturated heterocycles. The zero-order valence-electron chi connectivity index (χ0n) is 58.8. The van der Waals surface area contributed by atoms with Gasteiger partial charge in [0.25, 0.3) is 0 Å². The number of phosphoric acid groups is 2. The molecule has 0 aliphatic heterocycles. The second-order valence-corrected chi connectivity index (χ2v) is 28.9. The molecule has 0 rings (SSSR count). The SMILES string of the molecule is CCCCCCCCCCCCCCCCCCCC(=O)O[C@H](COC(=O)CCCCCCCCCCCCCCCC)COP(=O)(O)OC[C@@H](O)COP(=O)(O)OC[C@@H](COC(=O)CCCCCCCCCCC)OC(=O)CCCCCCCCCCCCC. The van der Waals surface area contributed by atoms with E-state index >= 15 is 0 Å². The van der Waals surface area contributed by atoms with Crippen LogP contribution in [-0.2, 0) is 65.4 Å². The van der Waals surface area contributed by atoms with Crippen molar-refractivity contribution < 1.29 is 80.2 Å². The highest BCUT2D eigenvalue weighted by molar-refractivity contribution is 7.47. The third-order valence-electron chi connectivity index (χ3n) is 16.9. The molecule has 0 aromatic rings. The first-order chi connectivity index (χ1) is 44.2. The van der Waals surface area contributed by atoms with Crippen molar-refractivity contribution in [3.8, 4) is 0 Å². The van der Waals surface area contributed by atoms with E-state index in [0.717, 1.165) is 89.9 Å². The van der Waals surface area contributed by atoms with E-state index < -0.39 is 97.5 Å². The van der Waals surface area contributed by atoms with E-state index in [1.807, 2.05) is 0 Å². The van der Waals surface area contributed by atoms with Crippen LogP contribution in [-0.4, -0.2) is 96.7 Å². The van der Waals surface area contributed by atoms with Crippen molar-refractivity contribution in [1.29, 1.82) is 0 Å². The summed E-state index contributed by atoms with van der Waals surface area (Å²) in [5.41, 5.74) is 0. The Kier molecular flexibility index (Phi) is 65.2. The quantitative estimate of drug-likeness (QED) is 0.0222. The maximum atomic E-state index is 13.0. The summed E-state index contributed by atoms with van der Waals surface area (Å²) < 4.78 is 68.3. The van der Waals surface area contributed by atoms with Crippen molar-refractivity contribution in [1.82, 2.24) is 0 Å². The number of carbonyl (C=O) groups is 4. The Morgan fingerprint density at radius 2 is 0.440 bits per heavy atom. The number of hydrogen-bond acceptors (Lipinski definition) is 15. The minimum absolute atomic E-state index is 0.107. The molecule has 19 heteroatoms. The fourth-order valence-corrected chi connectivity index (χ4v) is 12.6. The number of hydrogen-bond donors (Lipinski definition) is 3. The van der Waals surface area contributed by atoms with Gasteiger partial charge in [0.05, 0.1) is 26.4 Å². The van der Waals surface area contributed by atoms with Crippen molar-refractivity contribution in [2.24, 2.45) is 0 Å². The molecule has 0 heterocycles. The second kappa shape index (κ2) is 66.7. The van der Waals surface area contributed by atoms with E-state index in [4.69, 9.17) is 37.0 Å². The van der Waals surface area contributed by atoms with Crippen molar-refractivity contribution >= 4 is 39.5 Å². The number of carbonyl (C=O) groups excluding carboxylic acids is 4. The summed E-state index contributed by atoms with van der Waals surface area (Å²) in [6.45, 7) is 4.95. The summed E-state index contributed by atoms with van der Waals surface area (Å²) in [7, 11) is -9.90. The molecular formula is C72H140O17P2. The van der Waals surface area contributed by atoms with E-state index in [2.05, 4.69) is 27.7 Å². The Balaban J connectivity index is 5.22. The molecule has 0 aliphatic rings. The van der Waals surface area contributed by atoms with Gasteiger partial charge in [0.1, 0.15) is 19.3 Å². The number of phosphoric ester groups is 2. The van der Waals surface area contributed by atoms with E-state index in [0.29, 0.717) is 25.7 Å². The zero-order valence-corrected chi connectivity index (χ0v) is 60.6. The first-order valence-corrected chi connectivity index (χ1v) is 40.8. The molecule has 91 heavy (non-hydrogen) atoms. The van der Waals surface area contributed by atoms with Gasteiger partial charge in [0.2, 0.25) is 0 Å². The van der Waals surface area contributed by atoms with E-state index in [1.54, 1.807) is 0 Å². The van der Waals surface area contributed by atoms with Crippen LogP contribution in [0.1, 0.15) is 381 Å². The van der Waals surface area contributed by atoms with Crippen LogP contribution in [0.3, 0.4) is 0 Å². The number of unbranched alkanes of at least 4 members (excludes halogenated alkanes) is 47. The van der Waals surface area contributed by atoms with Crippen LogP contribution in [0.15, 0.2) is 0 Å². The normalized spacial score (nSPS) is 14.0. The molecule has 0 aromatic heterocycles. The number of aliphatic hydroxyl groups excluding tert-OH is 1. The average molecular weight is 1340 g/mol. The highest BCUT2D eigenvalue weighted by atomic mass is 31.2. The van der Waals surface area contributed by atoms with Gasteiger partial charge in [0, 0.05) is 25.7 Å². The smallest absolute Gasteiger partial charge is 0.462 e. The lowest BCUT2D eigenvalue weighted by Crippen LogP contribution is -2.30. The van der Waals surface area contributed by atoms with Gasteiger partial charge in [-0.05, 0) is 25.7 Å². The largest absolute Gasteiger partial charge is 0.472 e. The summed E-state index contributed by atoms with van der Waals surface area (Å²) in [6, 6.07) is 0. The van der Waals surface area contributed by atoms with Crippen LogP contribution in [0.5, 0.6) is 0 Å². The molecule has 540 valence electrons. The Labute approximate surface area is 556 Å². The number of aliphatic hydroxyl groups is 1. The lowest BCUT2D eigenvalue weighted by Gasteiger charge is -2.21. The Morgan fingerprint density at radius 3 is 0.648 bits per heavy atom. The molecule has 17 nitrogen and oxygen atoms in total. The van der Waals surface area contributed by atoms with Gasteiger partial charge >= 0.3 is 39.5 Å². The summed E-state index contributed by atoms with van der Waals surface area (Å²) in [5.74, 6) is -2.12. The highest BCUT2D eigenvalue weighted by Crippen LogP contribution is 2.45. The van der Waals surface area contributed by atoms with Crippen molar-refractivity contribution in [3.05, 3.63) is 0 Å². The fraction of sp³-hybridized carbons (Fsp3) is 0.944. The fourth-order valence-electron chi connectivity index (χ4n) is 11.0. The van der Waals surface area contributed by atoms with Crippen LogP contribution in [0.4, 0.5) is 0 Å². The molecular weight excluding hydrogens is 1200 g/mol. The van der Waals surface area contributed by atoms with Crippen LogP contribution < -0.4 is 0 Å². The predicted molar refractivity (Wildman–Crippen MR) is 368 cm³/mol. The lowest BCUT2D eigenvalue weighted by molar-refractivity contribution is -0.161. The summed E-state index contributed by atoms with van der Waals surface area (Å²) >= 11 is 0. The molecule has 5 atom stereocenters. The number of esters is 4. The summed E-state index contributed by atoms with van der Waals surface area (Å²) in [6.07, 6.45) is 55.4. The number of rotatable bonds is 73. The molecule has 0 fully saturated rings. The maximum Gasteiger partial charge on any atom is 0.472 e. The third kappa shape index (κ3) is 66.5. The molecule has 0 aromatic carbocycles.